The number of amides is 2. The molecule has 4 rings (SSSR count). The zero-order chi connectivity index (χ0) is 30.1. The van der Waals surface area contributed by atoms with Crippen LogP contribution in [0, 0.1) is 0 Å². The molecule has 0 bridgehead atoms. The van der Waals surface area contributed by atoms with Crippen LogP contribution in [0.25, 0.3) is 0 Å². The van der Waals surface area contributed by atoms with Crippen molar-refractivity contribution < 1.29 is 18.0 Å². The van der Waals surface area contributed by atoms with Crippen molar-refractivity contribution in [2.75, 3.05) is 17.1 Å². The Balaban J connectivity index is 1.69. The molecule has 0 aliphatic heterocycles. The Hall–Kier alpha value is -3.65. The lowest BCUT2D eigenvalue weighted by Crippen LogP contribution is -2.55. The van der Waals surface area contributed by atoms with E-state index in [2.05, 4.69) is 19.2 Å². The second kappa shape index (κ2) is 14.5. The van der Waals surface area contributed by atoms with Crippen molar-refractivity contribution in [2.45, 2.75) is 76.9 Å². The van der Waals surface area contributed by atoms with Gasteiger partial charge in [0, 0.05) is 19.0 Å². The van der Waals surface area contributed by atoms with Crippen molar-refractivity contribution in [3.63, 3.8) is 0 Å². The molecule has 0 unspecified atom stereocenters. The maximum atomic E-state index is 14.2. The van der Waals surface area contributed by atoms with E-state index >= 15 is 0 Å². The predicted octanol–water partition coefficient (Wildman–Crippen LogP) is 5.67. The van der Waals surface area contributed by atoms with E-state index in [4.69, 9.17) is 0 Å². The summed E-state index contributed by atoms with van der Waals surface area (Å²) in [7, 11) is -3.79. The fraction of sp³-hybridized carbons (Fsp3) is 0.412. The van der Waals surface area contributed by atoms with Crippen LogP contribution in [0.15, 0.2) is 84.9 Å². The number of sulfonamides is 1. The largest absolute Gasteiger partial charge is 0.352 e. The molecule has 2 amide bonds. The van der Waals surface area contributed by atoms with Crippen LogP contribution in [0.3, 0.4) is 0 Å². The first-order valence-corrected chi connectivity index (χ1v) is 16.7. The van der Waals surface area contributed by atoms with E-state index in [0.717, 1.165) is 59.4 Å². The summed E-state index contributed by atoms with van der Waals surface area (Å²) in [4.78, 5) is 29.7. The van der Waals surface area contributed by atoms with Gasteiger partial charge >= 0.3 is 0 Å². The van der Waals surface area contributed by atoms with Crippen molar-refractivity contribution in [3.8, 4) is 0 Å². The summed E-state index contributed by atoms with van der Waals surface area (Å²) >= 11 is 0. The van der Waals surface area contributed by atoms with Crippen molar-refractivity contribution in [1.29, 1.82) is 0 Å². The summed E-state index contributed by atoms with van der Waals surface area (Å²) in [6, 6.07) is 25.7. The molecule has 8 heteroatoms. The molecule has 224 valence electrons. The SMILES string of the molecule is CC(C)c1ccc(N(CC(=O)N(Cc2ccccc2)[C@@H](Cc2ccccc2)C(=O)NC2CCCCC2)S(C)(=O)=O)cc1. The number of hydrogen-bond donors (Lipinski definition) is 1. The van der Waals surface area contributed by atoms with E-state index in [1.165, 1.54) is 0 Å². The van der Waals surface area contributed by atoms with E-state index < -0.39 is 28.5 Å². The summed E-state index contributed by atoms with van der Waals surface area (Å²) in [5, 5.41) is 3.23. The van der Waals surface area contributed by atoms with Gasteiger partial charge in [-0.2, -0.15) is 0 Å². The van der Waals surface area contributed by atoms with Gasteiger partial charge in [0.1, 0.15) is 12.6 Å². The molecule has 1 saturated carbocycles. The van der Waals surface area contributed by atoms with Gasteiger partial charge in [0.15, 0.2) is 0 Å². The van der Waals surface area contributed by atoms with E-state index in [0.29, 0.717) is 12.1 Å². The van der Waals surface area contributed by atoms with Gasteiger partial charge in [-0.15, -0.1) is 0 Å². The predicted molar refractivity (Wildman–Crippen MR) is 169 cm³/mol. The third-order valence-corrected chi connectivity index (χ3v) is 9.09. The first-order chi connectivity index (χ1) is 20.1. The average Bonchev–Trinajstić information content (AvgIpc) is 2.98. The molecule has 1 atom stereocenters. The van der Waals surface area contributed by atoms with E-state index in [1.54, 1.807) is 17.0 Å². The second-order valence-electron chi connectivity index (χ2n) is 11.6. The number of rotatable bonds is 12. The molecule has 1 aliphatic rings. The van der Waals surface area contributed by atoms with Gasteiger partial charge < -0.3 is 10.2 Å². The molecule has 0 spiro atoms. The van der Waals surface area contributed by atoms with Crippen molar-refractivity contribution >= 4 is 27.5 Å². The zero-order valence-corrected chi connectivity index (χ0v) is 25.7. The molecular formula is C34H43N3O4S. The Morgan fingerprint density at radius 2 is 1.40 bits per heavy atom. The van der Waals surface area contributed by atoms with Crippen molar-refractivity contribution in [1.82, 2.24) is 10.2 Å². The highest BCUT2D eigenvalue weighted by Crippen LogP contribution is 2.24. The van der Waals surface area contributed by atoms with Gasteiger partial charge in [-0.25, -0.2) is 8.42 Å². The number of nitrogens with one attached hydrogen (secondary N) is 1. The first-order valence-electron chi connectivity index (χ1n) is 14.9. The fourth-order valence-corrected chi connectivity index (χ4v) is 6.37. The summed E-state index contributed by atoms with van der Waals surface area (Å²) in [5.41, 5.74) is 3.28. The van der Waals surface area contributed by atoms with E-state index in [-0.39, 0.29) is 24.4 Å². The minimum atomic E-state index is -3.79. The minimum Gasteiger partial charge on any atom is -0.352 e. The lowest BCUT2D eigenvalue weighted by atomic mass is 9.94. The van der Waals surface area contributed by atoms with Gasteiger partial charge in [-0.3, -0.25) is 13.9 Å². The monoisotopic (exact) mass is 589 g/mol. The second-order valence-corrected chi connectivity index (χ2v) is 13.5. The van der Waals surface area contributed by atoms with Gasteiger partial charge in [0.2, 0.25) is 21.8 Å². The molecule has 0 radical (unpaired) electrons. The maximum absolute atomic E-state index is 14.2. The van der Waals surface area contributed by atoms with Crippen molar-refractivity contribution in [3.05, 3.63) is 102 Å². The Labute approximate surface area is 251 Å². The quantitative estimate of drug-likeness (QED) is 0.295. The number of benzene rings is 3. The number of hydrogen-bond acceptors (Lipinski definition) is 4. The average molecular weight is 590 g/mol. The highest BCUT2D eigenvalue weighted by atomic mass is 32.2. The van der Waals surface area contributed by atoms with Crippen LogP contribution in [0.5, 0.6) is 0 Å². The highest BCUT2D eigenvalue weighted by Gasteiger charge is 2.34. The van der Waals surface area contributed by atoms with Crippen LogP contribution in [-0.4, -0.2) is 50.0 Å². The van der Waals surface area contributed by atoms with Gasteiger partial charge in [0.25, 0.3) is 0 Å². The van der Waals surface area contributed by atoms with Crippen LogP contribution in [0.2, 0.25) is 0 Å². The zero-order valence-electron chi connectivity index (χ0n) is 24.9. The van der Waals surface area contributed by atoms with Gasteiger partial charge in [0.05, 0.1) is 11.9 Å². The molecule has 42 heavy (non-hydrogen) atoms. The van der Waals surface area contributed by atoms with Crippen molar-refractivity contribution in [2.24, 2.45) is 0 Å². The fourth-order valence-electron chi connectivity index (χ4n) is 5.52. The smallest absolute Gasteiger partial charge is 0.244 e. The van der Waals surface area contributed by atoms with Crippen LogP contribution in [-0.2, 0) is 32.6 Å². The van der Waals surface area contributed by atoms with Gasteiger partial charge in [-0.05, 0) is 47.6 Å². The van der Waals surface area contributed by atoms with Gasteiger partial charge in [-0.1, -0.05) is 106 Å². The lowest BCUT2D eigenvalue weighted by Gasteiger charge is -2.35. The molecule has 3 aromatic carbocycles. The Morgan fingerprint density at radius 3 is 1.95 bits per heavy atom. The number of carbonyl (C=O) groups excluding carboxylic acids is 2. The molecule has 0 aromatic heterocycles. The summed E-state index contributed by atoms with van der Waals surface area (Å²) < 4.78 is 27.1. The Kier molecular flexibility index (Phi) is 10.8. The standard InChI is InChI=1S/C34H43N3O4S/c1-26(2)29-19-21-31(22-20-29)37(42(3,40)41)25-33(38)36(24-28-15-9-5-10-16-28)32(23-27-13-7-4-8-14-27)34(39)35-30-17-11-6-12-18-30/h4-5,7-10,13-16,19-22,26,30,32H,6,11-12,17-18,23-25H2,1-3H3,(H,35,39)/t32-/m0/s1. The van der Waals surface area contributed by atoms with Crippen LogP contribution < -0.4 is 9.62 Å². The maximum Gasteiger partial charge on any atom is 0.244 e. The lowest BCUT2D eigenvalue weighted by molar-refractivity contribution is -0.140. The molecule has 1 aliphatic carbocycles. The number of anilines is 1. The molecule has 0 heterocycles. The molecule has 1 fully saturated rings. The highest BCUT2D eigenvalue weighted by molar-refractivity contribution is 7.92. The van der Waals surface area contributed by atoms with E-state index in [9.17, 15) is 18.0 Å². The summed E-state index contributed by atoms with van der Waals surface area (Å²) in [5.74, 6) is -0.352. The number of carbonyl (C=O) groups is 2. The topological polar surface area (TPSA) is 86.8 Å². The van der Waals surface area contributed by atoms with Crippen LogP contribution in [0.1, 0.15) is 68.6 Å². The molecule has 0 saturated heterocycles. The van der Waals surface area contributed by atoms with Crippen LogP contribution in [0.4, 0.5) is 5.69 Å². The van der Waals surface area contributed by atoms with Crippen LogP contribution >= 0.6 is 0 Å². The minimum absolute atomic E-state index is 0.0743. The molecule has 7 nitrogen and oxygen atoms in total. The summed E-state index contributed by atoms with van der Waals surface area (Å²) in [6.07, 6.45) is 6.57. The third kappa shape index (κ3) is 8.68. The third-order valence-electron chi connectivity index (χ3n) is 7.95. The Morgan fingerprint density at radius 1 is 0.833 bits per heavy atom. The first kappa shape index (κ1) is 31.3. The molecule has 3 aromatic rings. The Bertz CT molecular complexity index is 1400. The molecule has 1 N–H and O–H groups in total. The summed E-state index contributed by atoms with van der Waals surface area (Å²) in [6.45, 7) is 3.91. The normalized spacial score (nSPS) is 14.8. The number of nitrogens with zero attached hydrogens (tertiary/aromatic N) is 2. The van der Waals surface area contributed by atoms with E-state index in [1.807, 2.05) is 72.8 Å². The molecular weight excluding hydrogens is 546 g/mol.